The Kier molecular flexibility index (Phi) is 5.13. The summed E-state index contributed by atoms with van der Waals surface area (Å²) in [6.45, 7) is 0.854. The van der Waals surface area contributed by atoms with Gasteiger partial charge in [0.15, 0.2) is 5.01 Å². The van der Waals surface area contributed by atoms with Gasteiger partial charge in [-0.3, -0.25) is 4.79 Å². The van der Waals surface area contributed by atoms with E-state index in [4.69, 9.17) is 0 Å². The van der Waals surface area contributed by atoms with Crippen molar-refractivity contribution in [2.45, 2.75) is 18.8 Å². The van der Waals surface area contributed by atoms with Crippen LogP contribution in [0.1, 0.15) is 34.1 Å². The molecule has 1 aromatic heterocycles. The van der Waals surface area contributed by atoms with Crippen molar-refractivity contribution >= 4 is 17.2 Å². The lowest BCUT2D eigenvalue weighted by Crippen LogP contribution is -2.39. The Morgan fingerprint density at radius 1 is 1.07 bits per heavy atom. The number of hydrogen-bond donors (Lipinski definition) is 0. The predicted molar refractivity (Wildman–Crippen MR) is 99.5 cm³/mol. The van der Waals surface area contributed by atoms with E-state index in [1.807, 2.05) is 0 Å². The van der Waals surface area contributed by atoms with E-state index in [0.717, 1.165) is 30.0 Å². The number of aromatic nitrogens is 2. The lowest BCUT2D eigenvalue weighted by molar-refractivity contribution is 0.0702. The molecule has 0 bridgehead atoms. The van der Waals surface area contributed by atoms with Gasteiger partial charge in [0, 0.05) is 30.6 Å². The maximum absolute atomic E-state index is 14.0. The van der Waals surface area contributed by atoms with Crippen molar-refractivity contribution in [3.63, 3.8) is 0 Å². The molecule has 4 rings (SSSR count). The molecule has 2 aromatic carbocycles. The van der Waals surface area contributed by atoms with E-state index in [2.05, 4.69) is 10.2 Å². The van der Waals surface area contributed by atoms with Crippen LogP contribution >= 0.6 is 11.3 Å². The van der Waals surface area contributed by atoms with E-state index >= 15 is 0 Å². The predicted octanol–water partition coefficient (Wildman–Crippen LogP) is 4.64. The third kappa shape index (κ3) is 3.64. The molecule has 0 N–H and O–H groups in total. The molecule has 0 radical (unpaired) electrons. The molecule has 1 fully saturated rings. The minimum absolute atomic E-state index is 0.0563. The summed E-state index contributed by atoms with van der Waals surface area (Å²) in [5, 5.41) is 9.50. The van der Waals surface area contributed by atoms with Gasteiger partial charge in [0.25, 0.3) is 5.91 Å². The smallest absolute Gasteiger partial charge is 0.256 e. The SMILES string of the molecule is O=C(c1ccc(F)cc1F)N1CCCC(c2nnc(-c3ccccc3F)s2)C1. The molecule has 1 unspecified atom stereocenters. The van der Waals surface area contributed by atoms with Crippen LogP contribution in [0, 0.1) is 17.5 Å². The fraction of sp³-hybridized carbons (Fsp3) is 0.250. The highest BCUT2D eigenvalue weighted by atomic mass is 32.1. The van der Waals surface area contributed by atoms with Crippen LogP contribution in [0.5, 0.6) is 0 Å². The number of nitrogens with zero attached hydrogens (tertiary/aromatic N) is 3. The van der Waals surface area contributed by atoms with E-state index in [1.54, 1.807) is 23.1 Å². The zero-order chi connectivity index (χ0) is 19.7. The van der Waals surface area contributed by atoms with Crippen LogP contribution in [0.2, 0.25) is 0 Å². The number of likely N-dealkylation sites (tertiary alicyclic amines) is 1. The molecule has 3 aromatic rings. The quantitative estimate of drug-likeness (QED) is 0.640. The van der Waals surface area contributed by atoms with Gasteiger partial charge in [-0.25, -0.2) is 13.2 Å². The van der Waals surface area contributed by atoms with Gasteiger partial charge in [0.2, 0.25) is 0 Å². The number of carbonyl (C=O) groups excluding carboxylic acids is 1. The zero-order valence-corrected chi connectivity index (χ0v) is 15.6. The molecule has 0 spiro atoms. The monoisotopic (exact) mass is 403 g/mol. The second-order valence-corrected chi connectivity index (χ2v) is 7.65. The highest BCUT2D eigenvalue weighted by Crippen LogP contribution is 2.34. The van der Waals surface area contributed by atoms with E-state index < -0.39 is 17.5 Å². The summed E-state index contributed by atoms with van der Waals surface area (Å²) in [5.74, 6) is -2.48. The van der Waals surface area contributed by atoms with Crippen LogP contribution in [0.3, 0.4) is 0 Å². The molecule has 1 saturated heterocycles. The molecule has 0 saturated carbocycles. The third-order valence-electron chi connectivity index (χ3n) is 4.76. The first-order chi connectivity index (χ1) is 13.5. The van der Waals surface area contributed by atoms with Gasteiger partial charge in [-0.1, -0.05) is 23.5 Å². The number of hydrogen-bond acceptors (Lipinski definition) is 4. The third-order valence-corrected chi connectivity index (χ3v) is 5.88. The number of carbonyl (C=O) groups is 1. The number of rotatable bonds is 3. The number of piperidine rings is 1. The number of benzene rings is 2. The first-order valence-corrected chi connectivity index (χ1v) is 9.67. The van der Waals surface area contributed by atoms with Crippen LogP contribution < -0.4 is 0 Å². The van der Waals surface area contributed by atoms with E-state index in [-0.39, 0.29) is 17.3 Å². The van der Waals surface area contributed by atoms with Crippen molar-refractivity contribution in [1.29, 1.82) is 0 Å². The summed E-state index contributed by atoms with van der Waals surface area (Å²) in [4.78, 5) is 14.2. The first-order valence-electron chi connectivity index (χ1n) is 8.85. The van der Waals surface area contributed by atoms with Gasteiger partial charge in [-0.15, -0.1) is 10.2 Å². The average Bonchev–Trinajstić information content (AvgIpc) is 3.18. The van der Waals surface area contributed by atoms with Crippen molar-refractivity contribution in [2.75, 3.05) is 13.1 Å². The lowest BCUT2D eigenvalue weighted by Gasteiger charge is -2.31. The maximum Gasteiger partial charge on any atom is 0.256 e. The Morgan fingerprint density at radius 2 is 1.89 bits per heavy atom. The normalized spacial score (nSPS) is 17.0. The van der Waals surface area contributed by atoms with Crippen molar-refractivity contribution in [1.82, 2.24) is 15.1 Å². The Morgan fingerprint density at radius 3 is 2.68 bits per heavy atom. The molecule has 1 aliphatic rings. The topological polar surface area (TPSA) is 46.1 Å². The zero-order valence-electron chi connectivity index (χ0n) is 14.7. The molecule has 1 aliphatic heterocycles. The van der Waals surface area contributed by atoms with Gasteiger partial charge in [0.05, 0.1) is 5.56 Å². The molecule has 4 nitrogen and oxygen atoms in total. The van der Waals surface area contributed by atoms with Crippen molar-refractivity contribution in [2.24, 2.45) is 0 Å². The van der Waals surface area contributed by atoms with E-state index in [0.29, 0.717) is 29.7 Å². The highest BCUT2D eigenvalue weighted by molar-refractivity contribution is 7.14. The Bertz CT molecular complexity index is 1020. The Labute approximate surface area is 163 Å². The van der Waals surface area contributed by atoms with Crippen LogP contribution in [0.25, 0.3) is 10.6 Å². The van der Waals surface area contributed by atoms with Crippen molar-refractivity contribution < 1.29 is 18.0 Å². The standard InChI is InChI=1S/C20H16F3N3OS/c21-13-7-8-15(17(23)10-13)20(27)26-9-3-4-12(11-26)18-24-25-19(28-18)14-5-1-2-6-16(14)22/h1-2,5-8,10,12H,3-4,9,11H2. The van der Waals surface area contributed by atoms with E-state index in [9.17, 15) is 18.0 Å². The van der Waals surface area contributed by atoms with Crippen LogP contribution in [0.15, 0.2) is 42.5 Å². The van der Waals surface area contributed by atoms with Gasteiger partial charge < -0.3 is 4.90 Å². The van der Waals surface area contributed by atoms with Crippen LogP contribution in [0.4, 0.5) is 13.2 Å². The molecule has 0 aliphatic carbocycles. The summed E-state index contributed by atoms with van der Waals surface area (Å²) in [6, 6.07) is 9.31. The maximum atomic E-state index is 14.0. The summed E-state index contributed by atoms with van der Waals surface area (Å²) in [5.41, 5.74) is 0.245. The average molecular weight is 403 g/mol. The highest BCUT2D eigenvalue weighted by Gasteiger charge is 2.29. The number of amides is 1. The van der Waals surface area contributed by atoms with Crippen LogP contribution in [-0.2, 0) is 0 Å². The molecule has 144 valence electrons. The second-order valence-electron chi connectivity index (χ2n) is 6.64. The molecule has 1 atom stereocenters. The summed E-state index contributed by atoms with van der Waals surface area (Å²) in [6.07, 6.45) is 1.54. The Balaban J connectivity index is 1.53. The van der Waals surface area contributed by atoms with Crippen molar-refractivity contribution in [3.05, 3.63) is 70.5 Å². The van der Waals surface area contributed by atoms with Crippen molar-refractivity contribution in [3.8, 4) is 10.6 Å². The fourth-order valence-corrected chi connectivity index (χ4v) is 4.34. The number of halogens is 3. The fourth-order valence-electron chi connectivity index (χ4n) is 3.34. The summed E-state index contributed by atoms with van der Waals surface area (Å²) in [7, 11) is 0. The second kappa shape index (κ2) is 7.71. The van der Waals surface area contributed by atoms with Gasteiger partial charge in [-0.2, -0.15) is 0 Å². The summed E-state index contributed by atoms with van der Waals surface area (Å²) < 4.78 is 41.0. The molecule has 28 heavy (non-hydrogen) atoms. The Hall–Kier alpha value is -2.74. The van der Waals surface area contributed by atoms with Gasteiger partial charge in [0.1, 0.15) is 22.5 Å². The molecule has 2 heterocycles. The first kappa shape index (κ1) is 18.6. The van der Waals surface area contributed by atoms with Gasteiger partial charge >= 0.3 is 0 Å². The largest absolute Gasteiger partial charge is 0.338 e. The minimum Gasteiger partial charge on any atom is -0.338 e. The van der Waals surface area contributed by atoms with E-state index in [1.165, 1.54) is 17.4 Å². The van der Waals surface area contributed by atoms with Gasteiger partial charge in [-0.05, 0) is 37.1 Å². The molecular weight excluding hydrogens is 387 g/mol. The molecule has 8 heteroatoms. The van der Waals surface area contributed by atoms with Crippen LogP contribution in [-0.4, -0.2) is 34.1 Å². The molecular formula is C20H16F3N3OS. The summed E-state index contributed by atoms with van der Waals surface area (Å²) >= 11 is 1.30. The minimum atomic E-state index is -0.870. The lowest BCUT2D eigenvalue weighted by atomic mass is 9.98. The molecule has 1 amide bonds.